The molecule has 0 spiro atoms. The summed E-state index contributed by atoms with van der Waals surface area (Å²) < 4.78 is 15.5. The summed E-state index contributed by atoms with van der Waals surface area (Å²) in [6, 6.07) is 3.68. The predicted octanol–water partition coefficient (Wildman–Crippen LogP) is 2.31. The predicted molar refractivity (Wildman–Crippen MR) is 120 cm³/mol. The number of imidazole rings is 1. The van der Waals surface area contributed by atoms with E-state index in [-0.39, 0.29) is 17.4 Å². The smallest absolute Gasteiger partial charge is 0.332 e. The molecule has 0 aromatic carbocycles. The zero-order chi connectivity index (χ0) is 22.5. The van der Waals surface area contributed by atoms with Crippen molar-refractivity contribution in [1.82, 2.24) is 23.7 Å². The third-order valence-electron chi connectivity index (χ3n) is 4.88. The number of aryl methyl sites for hydroxylation is 2. The van der Waals surface area contributed by atoms with Crippen molar-refractivity contribution in [2.45, 2.75) is 46.9 Å². The lowest BCUT2D eigenvalue weighted by atomic mass is 10.2. The molecular formula is C22H29N5O4. The van der Waals surface area contributed by atoms with E-state index in [1.54, 1.807) is 36.9 Å². The largest absolute Gasteiger partial charge is 0.475 e. The molecule has 31 heavy (non-hydrogen) atoms. The van der Waals surface area contributed by atoms with Crippen molar-refractivity contribution in [3.63, 3.8) is 0 Å². The van der Waals surface area contributed by atoms with Crippen molar-refractivity contribution in [1.29, 1.82) is 0 Å². The molecule has 3 heterocycles. The number of nitrogens with zero attached hydrogens (tertiary/aromatic N) is 5. The van der Waals surface area contributed by atoms with Gasteiger partial charge in [-0.3, -0.25) is 13.9 Å². The second kappa shape index (κ2) is 9.74. The average Bonchev–Trinajstić information content (AvgIpc) is 3.07. The van der Waals surface area contributed by atoms with Gasteiger partial charge in [0.1, 0.15) is 12.4 Å². The topological polar surface area (TPSA) is 93.2 Å². The first-order valence-corrected chi connectivity index (χ1v) is 10.5. The molecule has 0 aliphatic rings. The summed E-state index contributed by atoms with van der Waals surface area (Å²) in [4.78, 5) is 34.2. The summed E-state index contributed by atoms with van der Waals surface area (Å²) in [5.74, 6) is 1.10. The van der Waals surface area contributed by atoms with Crippen LogP contribution in [0.15, 0.2) is 27.9 Å². The molecule has 0 bridgehead atoms. The highest BCUT2D eigenvalue weighted by molar-refractivity contribution is 5.76. The second-order valence-electron chi connectivity index (χ2n) is 7.31. The quantitative estimate of drug-likeness (QED) is 0.487. The lowest BCUT2D eigenvalue weighted by Crippen LogP contribution is -2.39. The van der Waals surface area contributed by atoms with E-state index in [9.17, 15) is 9.59 Å². The van der Waals surface area contributed by atoms with Crippen LogP contribution in [0, 0.1) is 0 Å². The first-order valence-electron chi connectivity index (χ1n) is 10.5. The second-order valence-corrected chi connectivity index (χ2v) is 7.31. The minimum Gasteiger partial charge on any atom is -0.475 e. The SMILES string of the molecule is CCn1c(=O)c2c(nc(C=Cc3ccc(OCCOC(C)C)nc3)n2C)n(CC)c1=O. The molecule has 3 rings (SSSR count). The van der Waals surface area contributed by atoms with Crippen LogP contribution in [0.25, 0.3) is 23.3 Å². The Morgan fingerprint density at radius 1 is 1.06 bits per heavy atom. The van der Waals surface area contributed by atoms with Crippen LogP contribution in [0.4, 0.5) is 0 Å². The van der Waals surface area contributed by atoms with Crippen molar-refractivity contribution >= 4 is 23.3 Å². The minimum atomic E-state index is -0.338. The van der Waals surface area contributed by atoms with Gasteiger partial charge < -0.3 is 14.0 Å². The maximum Gasteiger partial charge on any atom is 0.332 e. The van der Waals surface area contributed by atoms with E-state index in [2.05, 4.69) is 9.97 Å². The Labute approximate surface area is 180 Å². The molecule has 9 nitrogen and oxygen atoms in total. The van der Waals surface area contributed by atoms with Crippen molar-refractivity contribution in [2.75, 3.05) is 13.2 Å². The van der Waals surface area contributed by atoms with E-state index >= 15 is 0 Å². The molecule has 0 aliphatic heterocycles. The van der Waals surface area contributed by atoms with Crippen molar-refractivity contribution in [3.05, 3.63) is 50.6 Å². The molecule has 0 saturated heterocycles. The van der Waals surface area contributed by atoms with Crippen molar-refractivity contribution < 1.29 is 9.47 Å². The fourth-order valence-electron chi connectivity index (χ4n) is 3.27. The number of rotatable bonds is 9. The third-order valence-corrected chi connectivity index (χ3v) is 4.88. The van der Waals surface area contributed by atoms with Gasteiger partial charge in [-0.05, 0) is 51.5 Å². The fraction of sp³-hybridized carbons (Fsp3) is 0.455. The lowest BCUT2D eigenvalue weighted by molar-refractivity contribution is 0.0542. The molecule has 0 saturated carbocycles. The van der Waals surface area contributed by atoms with Crippen LogP contribution in [-0.2, 0) is 24.9 Å². The van der Waals surface area contributed by atoms with Gasteiger partial charge in [0.15, 0.2) is 11.2 Å². The summed E-state index contributed by atoms with van der Waals surface area (Å²) in [5, 5.41) is 0. The van der Waals surface area contributed by atoms with Crippen LogP contribution in [0.5, 0.6) is 5.88 Å². The number of fused-ring (bicyclic) bond motifs is 1. The zero-order valence-corrected chi connectivity index (χ0v) is 18.7. The molecule has 0 radical (unpaired) electrons. The molecule has 3 aromatic rings. The summed E-state index contributed by atoms with van der Waals surface area (Å²) in [5.41, 5.74) is 1.00. The molecule has 166 valence electrons. The van der Waals surface area contributed by atoms with E-state index in [1.165, 1.54) is 9.13 Å². The molecule has 0 atom stereocenters. The highest BCUT2D eigenvalue weighted by Crippen LogP contribution is 2.14. The Kier molecular flexibility index (Phi) is 7.06. The number of pyridine rings is 1. The number of aromatic nitrogens is 5. The fourth-order valence-corrected chi connectivity index (χ4v) is 3.27. The van der Waals surface area contributed by atoms with E-state index in [0.717, 1.165) is 5.56 Å². The van der Waals surface area contributed by atoms with Crippen LogP contribution in [-0.4, -0.2) is 43.0 Å². The van der Waals surface area contributed by atoms with Gasteiger partial charge in [-0.15, -0.1) is 0 Å². The van der Waals surface area contributed by atoms with Gasteiger partial charge in [-0.25, -0.2) is 14.8 Å². The number of hydrogen-bond donors (Lipinski definition) is 0. The Morgan fingerprint density at radius 3 is 2.42 bits per heavy atom. The highest BCUT2D eigenvalue weighted by Gasteiger charge is 2.17. The minimum absolute atomic E-state index is 0.170. The monoisotopic (exact) mass is 427 g/mol. The molecule has 0 amide bonds. The molecule has 0 aliphatic carbocycles. The van der Waals surface area contributed by atoms with Gasteiger partial charge in [0, 0.05) is 32.4 Å². The summed E-state index contributed by atoms with van der Waals surface area (Å²) in [6.07, 6.45) is 5.52. The standard InChI is InChI=1S/C22H29N5O4/c1-6-26-20-19(21(28)27(7-2)22(26)29)25(5)17(24-20)10-8-16-9-11-18(23-14-16)31-13-12-30-15(3)4/h8-11,14-15H,6-7,12-13H2,1-5H3. The maximum absolute atomic E-state index is 12.8. The van der Waals surface area contributed by atoms with Crippen LogP contribution >= 0.6 is 0 Å². The molecule has 0 N–H and O–H groups in total. The Bertz CT molecular complexity index is 1190. The molecule has 0 unspecified atom stereocenters. The summed E-state index contributed by atoms with van der Waals surface area (Å²) >= 11 is 0. The zero-order valence-electron chi connectivity index (χ0n) is 18.7. The van der Waals surface area contributed by atoms with Gasteiger partial charge in [0.05, 0.1) is 12.7 Å². The molecule has 9 heteroatoms. The Morgan fingerprint density at radius 2 is 1.81 bits per heavy atom. The van der Waals surface area contributed by atoms with Crippen LogP contribution in [0.3, 0.4) is 0 Å². The van der Waals surface area contributed by atoms with Gasteiger partial charge in [-0.1, -0.05) is 0 Å². The van der Waals surface area contributed by atoms with E-state index in [1.807, 2.05) is 32.9 Å². The highest BCUT2D eigenvalue weighted by atomic mass is 16.5. The normalized spacial score (nSPS) is 11.8. The first-order chi connectivity index (χ1) is 14.9. The Balaban J connectivity index is 1.83. The Hall–Kier alpha value is -3.20. The van der Waals surface area contributed by atoms with Gasteiger partial charge in [-0.2, -0.15) is 0 Å². The van der Waals surface area contributed by atoms with Gasteiger partial charge in [0.2, 0.25) is 5.88 Å². The summed E-state index contributed by atoms with van der Waals surface area (Å²) in [6.45, 7) is 9.29. The maximum atomic E-state index is 12.8. The van der Waals surface area contributed by atoms with E-state index in [4.69, 9.17) is 9.47 Å². The summed E-state index contributed by atoms with van der Waals surface area (Å²) in [7, 11) is 1.77. The van der Waals surface area contributed by atoms with Crippen LogP contribution < -0.4 is 16.0 Å². The molecule has 0 fully saturated rings. The van der Waals surface area contributed by atoms with Gasteiger partial charge >= 0.3 is 5.69 Å². The van der Waals surface area contributed by atoms with Crippen molar-refractivity contribution in [3.8, 4) is 5.88 Å². The van der Waals surface area contributed by atoms with E-state index < -0.39 is 0 Å². The molecule has 3 aromatic heterocycles. The van der Waals surface area contributed by atoms with Crippen molar-refractivity contribution in [2.24, 2.45) is 7.05 Å². The van der Waals surface area contributed by atoms with Crippen LogP contribution in [0.1, 0.15) is 39.1 Å². The average molecular weight is 428 g/mol. The lowest BCUT2D eigenvalue weighted by Gasteiger charge is -2.08. The number of ether oxygens (including phenoxy) is 2. The van der Waals surface area contributed by atoms with E-state index in [0.29, 0.717) is 49.2 Å². The molecular weight excluding hydrogens is 398 g/mol. The number of hydrogen-bond acceptors (Lipinski definition) is 6. The third kappa shape index (κ3) is 4.77. The van der Waals surface area contributed by atoms with Crippen LogP contribution in [0.2, 0.25) is 0 Å². The first kappa shape index (κ1) is 22.5. The van der Waals surface area contributed by atoms with Gasteiger partial charge in [0.25, 0.3) is 5.56 Å².